The Hall–Kier alpha value is -1.56. The zero-order chi connectivity index (χ0) is 27.6. The molecule has 2 aliphatic carbocycles. The molecule has 2 aliphatic rings. The number of ether oxygens (including phenoxy) is 2. The number of carbonyl (C=O) groups is 1. The zero-order valence-electron chi connectivity index (χ0n) is 22.5. The predicted octanol–water partition coefficient (Wildman–Crippen LogP) is 2.96. The van der Waals surface area contributed by atoms with Crippen LogP contribution in [-0.2, 0) is 36.2 Å². The van der Waals surface area contributed by atoms with Crippen molar-refractivity contribution in [1.29, 1.82) is 0 Å². The molecule has 0 aliphatic heterocycles. The Kier molecular flexibility index (Phi) is 13.0. The van der Waals surface area contributed by atoms with Crippen molar-refractivity contribution in [2.45, 2.75) is 64.2 Å². The molecule has 36 heavy (non-hydrogen) atoms. The number of hydrogen-bond donors (Lipinski definition) is 4. The van der Waals surface area contributed by atoms with E-state index < -0.39 is 27.3 Å². The molecule has 0 heterocycles. The third-order valence-electron chi connectivity index (χ3n) is 7.38. The smallest absolute Gasteiger partial charge is 0.311 e. The van der Waals surface area contributed by atoms with Crippen LogP contribution in [0, 0.1) is 11.3 Å². The van der Waals surface area contributed by atoms with Crippen molar-refractivity contribution < 1.29 is 32.3 Å². The molecule has 6 N–H and O–H groups in total. The summed E-state index contributed by atoms with van der Waals surface area (Å²) in [4.78, 5) is 12.2. The largest absolute Gasteiger partial charge is 0.481 e. The van der Waals surface area contributed by atoms with Gasteiger partial charge in [0.1, 0.15) is 0 Å². The van der Waals surface area contributed by atoms with Gasteiger partial charge in [0.05, 0.1) is 24.4 Å². The number of carboxylic acids is 1. The van der Waals surface area contributed by atoms with E-state index in [0.29, 0.717) is 51.5 Å². The monoisotopic (exact) mass is 530 g/mol. The van der Waals surface area contributed by atoms with E-state index in [9.17, 15) is 22.9 Å². The van der Waals surface area contributed by atoms with E-state index in [1.807, 2.05) is 0 Å². The van der Waals surface area contributed by atoms with Gasteiger partial charge in [0.15, 0.2) is 0 Å². The topological polar surface area (TPSA) is 162 Å². The van der Waals surface area contributed by atoms with E-state index in [-0.39, 0.29) is 11.3 Å². The summed E-state index contributed by atoms with van der Waals surface area (Å²) in [5, 5.41) is 9.99. The van der Waals surface area contributed by atoms with Crippen LogP contribution >= 0.6 is 0 Å². The lowest BCUT2D eigenvalue weighted by atomic mass is 9.49. The first-order valence-corrected chi connectivity index (χ1v) is 14.1. The van der Waals surface area contributed by atoms with Gasteiger partial charge < -0.3 is 26.0 Å². The lowest BCUT2D eigenvalue weighted by Crippen LogP contribution is -2.56. The molecule has 0 bridgehead atoms. The molecule has 0 saturated heterocycles. The molecule has 3 atom stereocenters. The van der Waals surface area contributed by atoms with Crippen LogP contribution in [0.4, 0.5) is 0 Å². The van der Waals surface area contributed by atoms with Crippen molar-refractivity contribution >= 4 is 16.1 Å². The summed E-state index contributed by atoms with van der Waals surface area (Å²) < 4.78 is 41.9. The van der Waals surface area contributed by atoms with Crippen molar-refractivity contribution in [2.24, 2.45) is 22.8 Å². The summed E-state index contributed by atoms with van der Waals surface area (Å²) in [6.07, 6.45) is 3.15. The first-order valence-electron chi connectivity index (χ1n) is 12.5. The van der Waals surface area contributed by atoms with Crippen molar-refractivity contribution in [3.8, 4) is 0 Å². The van der Waals surface area contributed by atoms with Crippen LogP contribution in [0.5, 0.6) is 0 Å². The van der Waals surface area contributed by atoms with Gasteiger partial charge in [-0.3, -0.25) is 9.35 Å². The van der Waals surface area contributed by atoms with Crippen LogP contribution < -0.4 is 11.5 Å². The second kappa shape index (κ2) is 14.4. The summed E-state index contributed by atoms with van der Waals surface area (Å²) in [5.74, 6) is -1.68. The summed E-state index contributed by atoms with van der Waals surface area (Å²) in [6.45, 7) is 8.95. The minimum Gasteiger partial charge on any atom is -0.481 e. The maximum absolute atomic E-state index is 12.2. The molecule has 1 aromatic rings. The Morgan fingerprint density at radius 3 is 2.14 bits per heavy atom. The van der Waals surface area contributed by atoms with Gasteiger partial charge in [-0.15, -0.1) is 0 Å². The molecule has 0 radical (unpaired) electrons. The Morgan fingerprint density at radius 1 is 1.14 bits per heavy atom. The van der Waals surface area contributed by atoms with E-state index in [1.54, 1.807) is 14.2 Å². The fraction of sp³-hybridized carbons (Fsp3) is 0.731. The Balaban J connectivity index is 0.000000550. The average Bonchev–Trinajstić information content (AvgIpc) is 2.79. The van der Waals surface area contributed by atoms with Gasteiger partial charge in [0, 0.05) is 27.3 Å². The fourth-order valence-electron chi connectivity index (χ4n) is 5.73. The molecule has 10 heteroatoms. The van der Waals surface area contributed by atoms with Crippen molar-refractivity contribution in [3.63, 3.8) is 0 Å². The number of hydrogen-bond acceptors (Lipinski definition) is 7. The van der Waals surface area contributed by atoms with Crippen LogP contribution in [-0.4, -0.2) is 70.3 Å². The molecule has 0 amide bonds. The Labute approximate surface area is 216 Å². The first kappa shape index (κ1) is 32.5. The summed E-state index contributed by atoms with van der Waals surface area (Å²) in [7, 11) is -1.12. The molecule has 0 unspecified atom stereocenters. The third kappa shape index (κ3) is 8.22. The van der Waals surface area contributed by atoms with Gasteiger partial charge in [-0.2, -0.15) is 8.42 Å². The number of benzene rings is 1. The molecule has 1 saturated carbocycles. The van der Waals surface area contributed by atoms with Crippen molar-refractivity contribution in [2.75, 3.05) is 46.3 Å². The highest BCUT2D eigenvalue weighted by molar-refractivity contribution is 7.85. The lowest BCUT2D eigenvalue weighted by Gasteiger charge is -2.54. The molecule has 0 spiro atoms. The zero-order valence-corrected chi connectivity index (χ0v) is 23.3. The number of nitrogens with two attached hydrogens (primary N) is 2. The number of carboxylic acid groups (broad SMARTS) is 1. The van der Waals surface area contributed by atoms with Crippen LogP contribution in [0.25, 0.3) is 0 Å². The second-order valence-corrected chi connectivity index (χ2v) is 11.6. The molecular weight excluding hydrogens is 484 g/mol. The second-order valence-electron chi connectivity index (χ2n) is 10.2. The van der Waals surface area contributed by atoms with Crippen LogP contribution in [0.3, 0.4) is 0 Å². The molecular formula is C26H46N2O7S. The van der Waals surface area contributed by atoms with E-state index in [2.05, 4.69) is 48.4 Å². The Bertz CT molecular complexity index is 928. The number of methoxy groups -OCH3 is 2. The van der Waals surface area contributed by atoms with E-state index in [1.165, 1.54) is 11.1 Å². The maximum Gasteiger partial charge on any atom is 0.311 e. The SMILES string of the molecule is CC(C)c1ccc2c(c1)CC[C@H]1[C@@](CS(=O)(=O)O)(C(=O)O)CCC[C@]21C.COCCN.COCCN. The molecule has 208 valence electrons. The van der Waals surface area contributed by atoms with Gasteiger partial charge >= 0.3 is 5.97 Å². The normalized spacial score (nSPS) is 25.0. The number of aliphatic carboxylic acids is 1. The number of rotatable bonds is 8. The van der Waals surface area contributed by atoms with E-state index in [0.717, 1.165) is 18.4 Å². The van der Waals surface area contributed by atoms with Crippen LogP contribution in [0.2, 0.25) is 0 Å². The number of aryl methyl sites for hydroxylation is 1. The lowest BCUT2D eigenvalue weighted by molar-refractivity contribution is -0.157. The Morgan fingerprint density at radius 2 is 1.72 bits per heavy atom. The van der Waals surface area contributed by atoms with Crippen LogP contribution in [0.1, 0.15) is 69.1 Å². The number of fused-ring (bicyclic) bond motifs is 3. The molecule has 1 fully saturated rings. The van der Waals surface area contributed by atoms with Gasteiger partial charge in [-0.25, -0.2) is 0 Å². The summed E-state index contributed by atoms with van der Waals surface area (Å²) in [5.41, 5.74) is 11.9. The highest BCUT2D eigenvalue weighted by Crippen LogP contribution is 2.58. The highest BCUT2D eigenvalue weighted by atomic mass is 32.2. The average molecular weight is 531 g/mol. The summed E-state index contributed by atoms with van der Waals surface area (Å²) in [6, 6.07) is 6.44. The fourth-order valence-corrected chi connectivity index (χ4v) is 6.85. The first-order chi connectivity index (χ1) is 16.8. The molecule has 1 aromatic carbocycles. The van der Waals surface area contributed by atoms with E-state index in [4.69, 9.17) is 11.5 Å². The highest BCUT2D eigenvalue weighted by Gasteiger charge is 2.59. The maximum atomic E-state index is 12.2. The summed E-state index contributed by atoms with van der Waals surface area (Å²) >= 11 is 0. The third-order valence-corrected chi connectivity index (χ3v) is 8.26. The van der Waals surface area contributed by atoms with E-state index >= 15 is 0 Å². The molecule has 0 aromatic heterocycles. The van der Waals surface area contributed by atoms with Gasteiger partial charge in [-0.1, -0.05) is 45.4 Å². The minimum atomic E-state index is -4.38. The predicted molar refractivity (Wildman–Crippen MR) is 142 cm³/mol. The van der Waals surface area contributed by atoms with Crippen molar-refractivity contribution in [1.82, 2.24) is 0 Å². The van der Waals surface area contributed by atoms with Crippen molar-refractivity contribution in [3.05, 3.63) is 34.9 Å². The molecule has 3 rings (SSSR count). The standard InChI is InChI=1S/C20H28O5S.2C3H9NO/c1-13(2)14-5-7-16-15(11-14)6-8-17-19(16,3)9-4-10-20(17,18(21)22)12-26(23,24)25;2*1-5-3-2-4/h5,7,11,13,17H,4,6,8-10,12H2,1-3H3,(H,21,22)(H,23,24,25);2*2-4H2,1H3/t17-,19-,20-;;/m1../s1. The van der Waals surface area contributed by atoms with Gasteiger partial charge in [0.25, 0.3) is 10.1 Å². The quantitative estimate of drug-likeness (QED) is 0.370. The van der Waals surface area contributed by atoms with Crippen LogP contribution in [0.15, 0.2) is 18.2 Å². The van der Waals surface area contributed by atoms with Gasteiger partial charge in [0.2, 0.25) is 0 Å². The van der Waals surface area contributed by atoms with Gasteiger partial charge in [-0.05, 0) is 59.6 Å². The molecule has 9 nitrogen and oxygen atoms in total. The minimum absolute atomic E-state index is 0.293.